The van der Waals surface area contributed by atoms with Gasteiger partial charge < -0.3 is 15.8 Å². The number of hydrogen-bond donors (Lipinski definition) is 2. The summed E-state index contributed by atoms with van der Waals surface area (Å²) < 4.78 is 4.87. The van der Waals surface area contributed by atoms with Gasteiger partial charge in [-0.1, -0.05) is 17.7 Å². The van der Waals surface area contributed by atoms with Crippen LogP contribution >= 0.6 is 11.6 Å². The lowest BCUT2D eigenvalue weighted by Gasteiger charge is -2.12. The van der Waals surface area contributed by atoms with E-state index in [9.17, 15) is 4.79 Å². The maximum Gasteiger partial charge on any atom is 0.241 e. The van der Waals surface area contributed by atoms with Gasteiger partial charge in [-0.25, -0.2) is 0 Å². The van der Waals surface area contributed by atoms with Crippen LogP contribution in [0, 0.1) is 6.92 Å². The number of benzene rings is 1. The smallest absolute Gasteiger partial charge is 0.241 e. The van der Waals surface area contributed by atoms with Gasteiger partial charge in [-0.05, 0) is 31.0 Å². The van der Waals surface area contributed by atoms with Crippen molar-refractivity contribution in [1.29, 1.82) is 0 Å². The molecule has 4 nitrogen and oxygen atoms in total. The van der Waals surface area contributed by atoms with Crippen LogP contribution in [0.15, 0.2) is 18.2 Å². The second kappa shape index (κ2) is 6.59. The van der Waals surface area contributed by atoms with Gasteiger partial charge in [0.15, 0.2) is 0 Å². The summed E-state index contributed by atoms with van der Waals surface area (Å²) in [6.07, 6.45) is 0.488. The number of carbonyl (C=O) groups excluding carboxylic acids is 1. The van der Waals surface area contributed by atoms with Gasteiger partial charge in [0.1, 0.15) is 0 Å². The lowest BCUT2D eigenvalue weighted by molar-refractivity contribution is -0.117. The molecule has 0 saturated carbocycles. The van der Waals surface area contributed by atoms with E-state index in [4.69, 9.17) is 22.1 Å². The summed E-state index contributed by atoms with van der Waals surface area (Å²) >= 11 is 5.96. The Morgan fingerprint density at radius 3 is 2.88 bits per heavy atom. The van der Waals surface area contributed by atoms with Crippen LogP contribution in [0.5, 0.6) is 0 Å². The first-order valence-electron chi connectivity index (χ1n) is 5.36. The third-order valence-electron chi connectivity index (χ3n) is 2.41. The number of amides is 1. The number of nitrogens with one attached hydrogen (secondary N) is 1. The Morgan fingerprint density at radius 1 is 1.59 bits per heavy atom. The molecule has 0 heterocycles. The Hall–Kier alpha value is -1.10. The van der Waals surface area contributed by atoms with Crippen LogP contribution in [0.3, 0.4) is 0 Å². The van der Waals surface area contributed by atoms with Crippen molar-refractivity contribution in [3.63, 3.8) is 0 Å². The molecule has 5 heteroatoms. The molecule has 0 aliphatic rings. The number of hydrogen-bond acceptors (Lipinski definition) is 3. The molecule has 0 aliphatic carbocycles. The Balaban J connectivity index is 2.58. The van der Waals surface area contributed by atoms with Crippen LogP contribution in [-0.4, -0.2) is 25.7 Å². The van der Waals surface area contributed by atoms with E-state index in [-0.39, 0.29) is 5.91 Å². The molecule has 17 heavy (non-hydrogen) atoms. The van der Waals surface area contributed by atoms with E-state index in [1.54, 1.807) is 19.2 Å². The summed E-state index contributed by atoms with van der Waals surface area (Å²) in [5.74, 6) is -0.234. The Kier molecular flexibility index (Phi) is 5.41. The minimum atomic E-state index is -0.574. The van der Waals surface area contributed by atoms with E-state index >= 15 is 0 Å². The van der Waals surface area contributed by atoms with Crippen molar-refractivity contribution in [1.82, 2.24) is 0 Å². The van der Waals surface area contributed by atoms with E-state index in [0.29, 0.717) is 23.7 Å². The first-order chi connectivity index (χ1) is 8.04. The molecule has 94 valence electrons. The molecule has 0 radical (unpaired) electrons. The third-order valence-corrected chi connectivity index (χ3v) is 2.82. The molecule has 1 rings (SSSR count). The third kappa shape index (κ3) is 4.34. The Bertz CT molecular complexity index is 396. The summed E-state index contributed by atoms with van der Waals surface area (Å²) in [4.78, 5) is 11.7. The van der Waals surface area contributed by atoms with Gasteiger partial charge in [-0.15, -0.1) is 0 Å². The van der Waals surface area contributed by atoms with E-state index in [2.05, 4.69) is 5.32 Å². The molecule has 1 unspecified atom stereocenters. The molecule has 1 aromatic carbocycles. The number of carbonyl (C=O) groups is 1. The molecule has 3 N–H and O–H groups in total. The molecule has 0 fully saturated rings. The fraction of sp³-hybridized carbons (Fsp3) is 0.417. The lowest BCUT2D eigenvalue weighted by atomic mass is 10.2. The van der Waals surface area contributed by atoms with Gasteiger partial charge in [0.25, 0.3) is 0 Å². The van der Waals surface area contributed by atoms with Crippen LogP contribution in [0.4, 0.5) is 5.69 Å². The molecule has 0 aromatic heterocycles. The zero-order valence-electron chi connectivity index (χ0n) is 10.00. The average molecular weight is 257 g/mol. The predicted octanol–water partition coefficient (Wildman–Crippen LogP) is 1.95. The second-order valence-corrected chi connectivity index (χ2v) is 4.25. The van der Waals surface area contributed by atoms with E-state index in [1.165, 1.54) is 0 Å². The molecular weight excluding hydrogens is 240 g/mol. The fourth-order valence-electron chi connectivity index (χ4n) is 1.28. The molecule has 1 amide bonds. The number of nitrogens with two attached hydrogens (primary N) is 1. The van der Waals surface area contributed by atoms with E-state index in [0.717, 1.165) is 5.56 Å². The Morgan fingerprint density at radius 2 is 2.29 bits per heavy atom. The van der Waals surface area contributed by atoms with Gasteiger partial charge in [-0.3, -0.25) is 4.79 Å². The summed E-state index contributed by atoms with van der Waals surface area (Å²) in [6.45, 7) is 2.36. The van der Waals surface area contributed by atoms with Crippen molar-refractivity contribution in [2.45, 2.75) is 19.4 Å². The SMILES string of the molecule is COCCC(N)C(=O)Nc1ccc(C)c(Cl)c1. The minimum Gasteiger partial charge on any atom is -0.385 e. The number of ether oxygens (including phenoxy) is 1. The summed E-state index contributed by atoms with van der Waals surface area (Å²) in [5, 5.41) is 3.33. The van der Waals surface area contributed by atoms with Crippen molar-refractivity contribution >= 4 is 23.2 Å². The number of methoxy groups -OCH3 is 1. The zero-order chi connectivity index (χ0) is 12.8. The van der Waals surface area contributed by atoms with Crippen LogP contribution < -0.4 is 11.1 Å². The predicted molar refractivity (Wildman–Crippen MR) is 69.3 cm³/mol. The average Bonchev–Trinajstić information content (AvgIpc) is 2.30. The van der Waals surface area contributed by atoms with Crippen molar-refractivity contribution < 1.29 is 9.53 Å². The molecule has 1 atom stereocenters. The summed E-state index contributed by atoms with van der Waals surface area (Å²) in [5.41, 5.74) is 7.31. The van der Waals surface area contributed by atoms with Crippen molar-refractivity contribution in [2.24, 2.45) is 5.73 Å². The van der Waals surface area contributed by atoms with Crippen LogP contribution in [0.1, 0.15) is 12.0 Å². The minimum absolute atomic E-state index is 0.234. The van der Waals surface area contributed by atoms with E-state index in [1.807, 2.05) is 13.0 Å². The van der Waals surface area contributed by atoms with Crippen LogP contribution in [0.25, 0.3) is 0 Å². The summed E-state index contributed by atoms with van der Waals surface area (Å²) in [6, 6.07) is 4.77. The highest BCUT2D eigenvalue weighted by atomic mass is 35.5. The van der Waals surface area contributed by atoms with E-state index < -0.39 is 6.04 Å². The maximum absolute atomic E-state index is 11.7. The Labute approximate surface area is 106 Å². The lowest BCUT2D eigenvalue weighted by Crippen LogP contribution is -2.36. The highest BCUT2D eigenvalue weighted by molar-refractivity contribution is 6.31. The van der Waals surface area contributed by atoms with Crippen LogP contribution in [0.2, 0.25) is 5.02 Å². The van der Waals surface area contributed by atoms with Crippen LogP contribution in [-0.2, 0) is 9.53 Å². The van der Waals surface area contributed by atoms with Crippen molar-refractivity contribution in [2.75, 3.05) is 19.0 Å². The zero-order valence-corrected chi connectivity index (χ0v) is 10.8. The molecule has 0 bridgehead atoms. The quantitative estimate of drug-likeness (QED) is 0.846. The first kappa shape index (κ1) is 14.0. The molecule has 0 aliphatic heterocycles. The van der Waals surface area contributed by atoms with Gasteiger partial charge in [0.2, 0.25) is 5.91 Å². The molecule has 0 spiro atoms. The van der Waals surface area contributed by atoms with Gasteiger partial charge in [0.05, 0.1) is 6.04 Å². The molecule has 0 saturated heterocycles. The van der Waals surface area contributed by atoms with Gasteiger partial charge in [0, 0.05) is 24.4 Å². The maximum atomic E-state index is 11.7. The molecule has 1 aromatic rings. The first-order valence-corrected chi connectivity index (χ1v) is 5.74. The van der Waals surface area contributed by atoms with Gasteiger partial charge in [-0.2, -0.15) is 0 Å². The number of anilines is 1. The highest BCUT2D eigenvalue weighted by Gasteiger charge is 2.13. The second-order valence-electron chi connectivity index (χ2n) is 3.84. The largest absolute Gasteiger partial charge is 0.385 e. The highest BCUT2D eigenvalue weighted by Crippen LogP contribution is 2.19. The summed E-state index contributed by atoms with van der Waals surface area (Å²) in [7, 11) is 1.57. The topological polar surface area (TPSA) is 64.3 Å². The standard InChI is InChI=1S/C12H17ClN2O2/c1-8-3-4-9(7-10(8)13)15-12(16)11(14)5-6-17-2/h3-4,7,11H,5-6,14H2,1-2H3,(H,15,16). The van der Waals surface area contributed by atoms with Crippen molar-refractivity contribution in [3.8, 4) is 0 Å². The van der Waals surface area contributed by atoms with Gasteiger partial charge >= 0.3 is 0 Å². The monoisotopic (exact) mass is 256 g/mol. The number of rotatable bonds is 5. The fourth-order valence-corrected chi connectivity index (χ4v) is 1.46. The normalized spacial score (nSPS) is 12.2. The van der Waals surface area contributed by atoms with Crippen molar-refractivity contribution in [3.05, 3.63) is 28.8 Å². The molecular formula is C12H17ClN2O2. The number of aryl methyl sites for hydroxylation is 1. The number of halogens is 1.